The standard InChI is InChI=1S/C37H28P2S/c1-2-7-15-28(14-6-1)38(29-16-8-3-9-17-29)32-22-24-36-34(26-32)35-27-33(23-25-37(35)40-36)39(30-18-10-4-11-19-30)31-20-12-5-13-21-31/h1-6,8-27H,7H2. The summed E-state index contributed by atoms with van der Waals surface area (Å²) in [5.41, 5.74) is 0. The number of rotatable bonds is 6. The van der Waals surface area contributed by atoms with Crippen molar-refractivity contribution in [1.82, 2.24) is 0 Å². The Labute approximate surface area is 242 Å². The molecule has 0 radical (unpaired) electrons. The molecule has 1 aliphatic carbocycles. The van der Waals surface area contributed by atoms with E-state index in [2.05, 4.69) is 158 Å². The van der Waals surface area contributed by atoms with Gasteiger partial charge in [0.15, 0.2) is 0 Å². The number of fused-ring (bicyclic) bond motifs is 3. The van der Waals surface area contributed by atoms with Gasteiger partial charge in [-0.1, -0.05) is 134 Å². The number of allylic oxidation sites excluding steroid dienone is 6. The molecule has 1 atom stereocenters. The van der Waals surface area contributed by atoms with Crippen molar-refractivity contribution in [2.24, 2.45) is 0 Å². The van der Waals surface area contributed by atoms with E-state index in [1.807, 2.05) is 11.3 Å². The molecule has 7 rings (SSSR count). The van der Waals surface area contributed by atoms with Gasteiger partial charge in [0.2, 0.25) is 0 Å². The fraction of sp³-hybridized carbons (Fsp3) is 0.0270. The lowest BCUT2D eigenvalue weighted by atomic mass is 10.1. The highest BCUT2D eigenvalue weighted by atomic mass is 32.1. The maximum Gasteiger partial charge on any atom is 0.0355 e. The quantitative estimate of drug-likeness (QED) is 0.177. The van der Waals surface area contributed by atoms with Gasteiger partial charge in [-0.2, -0.15) is 0 Å². The third-order valence-electron chi connectivity index (χ3n) is 7.23. The van der Waals surface area contributed by atoms with Crippen LogP contribution in [0.3, 0.4) is 0 Å². The highest BCUT2D eigenvalue weighted by molar-refractivity contribution is 7.79. The van der Waals surface area contributed by atoms with E-state index >= 15 is 0 Å². The Morgan fingerprint density at radius 1 is 0.475 bits per heavy atom. The van der Waals surface area contributed by atoms with E-state index in [9.17, 15) is 0 Å². The zero-order chi connectivity index (χ0) is 26.7. The minimum atomic E-state index is -0.645. The van der Waals surface area contributed by atoms with E-state index in [-0.39, 0.29) is 0 Å². The van der Waals surface area contributed by atoms with Gasteiger partial charge in [0, 0.05) is 20.2 Å². The molecule has 0 amide bonds. The lowest BCUT2D eigenvalue weighted by Gasteiger charge is -2.21. The predicted octanol–water partition coefficient (Wildman–Crippen LogP) is 8.65. The Balaban J connectivity index is 1.39. The summed E-state index contributed by atoms with van der Waals surface area (Å²) < 4.78 is 2.71. The summed E-state index contributed by atoms with van der Waals surface area (Å²) in [5.74, 6) is 0. The summed E-state index contributed by atoms with van der Waals surface area (Å²) in [7, 11) is -1.29. The van der Waals surface area contributed by atoms with Crippen LogP contribution in [0.15, 0.2) is 163 Å². The molecule has 1 unspecified atom stereocenters. The molecule has 192 valence electrons. The highest BCUT2D eigenvalue weighted by Crippen LogP contribution is 2.46. The Bertz CT molecular complexity index is 1830. The van der Waals surface area contributed by atoms with Crippen molar-refractivity contribution in [3.8, 4) is 0 Å². The molecule has 1 aromatic heterocycles. The fourth-order valence-corrected chi connectivity index (χ4v) is 11.1. The molecule has 0 N–H and O–H groups in total. The van der Waals surface area contributed by atoms with Crippen molar-refractivity contribution in [2.45, 2.75) is 6.42 Å². The normalized spacial score (nSPS) is 14.0. The van der Waals surface area contributed by atoms with Crippen LogP contribution in [0.1, 0.15) is 6.42 Å². The molecule has 0 nitrogen and oxygen atoms in total. The van der Waals surface area contributed by atoms with Crippen LogP contribution in [0.25, 0.3) is 20.2 Å². The minimum Gasteiger partial charge on any atom is -0.135 e. The summed E-state index contributed by atoms with van der Waals surface area (Å²) >= 11 is 1.90. The van der Waals surface area contributed by atoms with E-state index in [0.29, 0.717) is 0 Å². The van der Waals surface area contributed by atoms with Gasteiger partial charge >= 0.3 is 0 Å². The predicted molar refractivity (Wildman–Crippen MR) is 182 cm³/mol. The second-order valence-corrected chi connectivity index (χ2v) is 15.3. The zero-order valence-corrected chi connectivity index (χ0v) is 24.6. The van der Waals surface area contributed by atoms with Gasteiger partial charge in [-0.25, -0.2) is 0 Å². The van der Waals surface area contributed by atoms with E-state index in [1.54, 1.807) is 0 Å². The van der Waals surface area contributed by atoms with Crippen molar-refractivity contribution in [1.29, 1.82) is 0 Å². The van der Waals surface area contributed by atoms with Crippen molar-refractivity contribution in [2.75, 3.05) is 0 Å². The van der Waals surface area contributed by atoms with Crippen molar-refractivity contribution in [3.63, 3.8) is 0 Å². The van der Waals surface area contributed by atoms with Gasteiger partial charge < -0.3 is 0 Å². The molecule has 0 bridgehead atoms. The van der Waals surface area contributed by atoms with Gasteiger partial charge in [-0.05, 0) is 78.4 Å². The average molecular weight is 567 g/mol. The van der Waals surface area contributed by atoms with Gasteiger partial charge in [0.1, 0.15) is 0 Å². The van der Waals surface area contributed by atoms with Crippen molar-refractivity contribution < 1.29 is 0 Å². The molecular formula is C37H28P2S. The van der Waals surface area contributed by atoms with E-state index in [4.69, 9.17) is 0 Å². The first-order valence-electron chi connectivity index (χ1n) is 13.6. The lowest BCUT2D eigenvalue weighted by Crippen LogP contribution is -2.20. The SMILES string of the molecule is C1=CCC=C(P(c2ccccc2)c2ccc3sc4ccc(P(c5ccccc5)c5ccccc5)cc4c3c2)C=C1. The first-order chi connectivity index (χ1) is 19.8. The Morgan fingerprint density at radius 3 is 1.52 bits per heavy atom. The maximum atomic E-state index is 2.48. The topological polar surface area (TPSA) is 0 Å². The molecule has 0 fully saturated rings. The van der Waals surface area contributed by atoms with Crippen LogP contribution in [-0.4, -0.2) is 0 Å². The van der Waals surface area contributed by atoms with Crippen LogP contribution < -0.4 is 26.5 Å². The first kappa shape index (κ1) is 25.4. The van der Waals surface area contributed by atoms with Gasteiger partial charge in [0.25, 0.3) is 0 Å². The van der Waals surface area contributed by atoms with E-state index < -0.39 is 15.8 Å². The zero-order valence-electron chi connectivity index (χ0n) is 22.0. The molecule has 3 heteroatoms. The Kier molecular flexibility index (Phi) is 7.28. The third-order valence-corrected chi connectivity index (χ3v) is 13.3. The largest absolute Gasteiger partial charge is 0.135 e. The molecular weight excluding hydrogens is 538 g/mol. The minimum absolute atomic E-state index is 0.642. The monoisotopic (exact) mass is 566 g/mol. The lowest BCUT2D eigenvalue weighted by molar-refractivity contribution is 1.40. The molecule has 0 spiro atoms. The Morgan fingerprint density at radius 2 is 0.975 bits per heavy atom. The van der Waals surface area contributed by atoms with Crippen LogP contribution in [0.2, 0.25) is 0 Å². The van der Waals surface area contributed by atoms with Gasteiger partial charge in [-0.15, -0.1) is 11.3 Å². The van der Waals surface area contributed by atoms with E-state index in [0.717, 1.165) is 6.42 Å². The van der Waals surface area contributed by atoms with Gasteiger partial charge in [0.05, 0.1) is 0 Å². The summed E-state index contributed by atoms with van der Waals surface area (Å²) in [4.78, 5) is 0. The summed E-state index contributed by atoms with van der Waals surface area (Å²) in [5, 5.41) is 11.1. The van der Waals surface area contributed by atoms with Crippen LogP contribution in [-0.2, 0) is 0 Å². The molecule has 5 aromatic carbocycles. The van der Waals surface area contributed by atoms with Crippen LogP contribution in [0.4, 0.5) is 0 Å². The van der Waals surface area contributed by atoms with E-state index in [1.165, 1.54) is 52.0 Å². The molecule has 0 aliphatic heterocycles. The number of hydrogen-bond acceptors (Lipinski definition) is 1. The second kappa shape index (κ2) is 11.5. The molecule has 1 heterocycles. The summed E-state index contributed by atoms with van der Waals surface area (Å²) in [6.07, 6.45) is 12.3. The Hall–Kier alpha value is -3.60. The fourth-order valence-electron chi connectivity index (χ4n) is 5.39. The van der Waals surface area contributed by atoms with Crippen LogP contribution in [0, 0.1) is 0 Å². The molecule has 0 saturated heterocycles. The van der Waals surface area contributed by atoms with Crippen molar-refractivity contribution in [3.05, 3.63) is 163 Å². The van der Waals surface area contributed by atoms with Crippen molar-refractivity contribution >= 4 is 73.9 Å². The molecule has 6 aromatic rings. The van der Waals surface area contributed by atoms with Gasteiger partial charge in [-0.3, -0.25) is 0 Å². The second-order valence-electron chi connectivity index (χ2n) is 9.79. The number of benzene rings is 5. The molecule has 0 saturated carbocycles. The smallest absolute Gasteiger partial charge is 0.0355 e. The van der Waals surface area contributed by atoms with Crippen LogP contribution >= 0.6 is 27.2 Å². The number of hydrogen-bond donors (Lipinski definition) is 0. The average Bonchev–Trinajstić information content (AvgIpc) is 3.16. The summed E-state index contributed by atoms with van der Waals surface area (Å²) in [6.45, 7) is 0. The summed E-state index contributed by atoms with van der Waals surface area (Å²) in [6, 6.07) is 47.4. The molecule has 40 heavy (non-hydrogen) atoms. The first-order valence-corrected chi connectivity index (χ1v) is 17.1. The third kappa shape index (κ3) is 5.02. The molecule has 1 aliphatic rings. The number of thiophene rings is 1. The maximum absolute atomic E-state index is 2.48. The highest BCUT2D eigenvalue weighted by Gasteiger charge is 2.20. The van der Waals surface area contributed by atoms with Crippen LogP contribution in [0.5, 0.6) is 0 Å².